The molecule has 0 saturated carbocycles. The summed E-state index contributed by atoms with van der Waals surface area (Å²) in [7, 11) is 3.18. The van der Waals surface area contributed by atoms with Gasteiger partial charge in [-0.25, -0.2) is 9.97 Å². The van der Waals surface area contributed by atoms with Gasteiger partial charge in [-0.05, 0) is 30.9 Å². The van der Waals surface area contributed by atoms with E-state index in [0.717, 1.165) is 24.9 Å². The Morgan fingerprint density at radius 1 is 1.11 bits per heavy atom. The summed E-state index contributed by atoms with van der Waals surface area (Å²) in [6.45, 7) is 2.97. The molecule has 0 aliphatic carbocycles. The Balaban J connectivity index is 2.41. The molecule has 1 heterocycles. The summed E-state index contributed by atoms with van der Waals surface area (Å²) in [5.41, 5.74) is 1.82. The smallest absolute Gasteiger partial charge is 0.189 e. The quantitative estimate of drug-likeness (QED) is 0.359. The lowest BCUT2D eigenvalue weighted by Crippen LogP contribution is -2.08. The van der Waals surface area contributed by atoms with Crippen LogP contribution >= 0.6 is 11.8 Å². The summed E-state index contributed by atoms with van der Waals surface area (Å²) in [6, 6.07) is 7.78. The van der Waals surface area contributed by atoms with Gasteiger partial charge in [-0.15, -0.1) is 0 Å². The second kappa shape index (κ2) is 10.6. The minimum absolute atomic E-state index is 0.440. The first-order valence-electron chi connectivity index (χ1n) is 9.00. The molecule has 0 amide bonds. The molecule has 7 heteroatoms. The van der Waals surface area contributed by atoms with Crippen molar-refractivity contribution in [3.8, 4) is 28.8 Å². The van der Waals surface area contributed by atoms with Crippen molar-refractivity contribution in [1.82, 2.24) is 9.97 Å². The molecule has 1 aromatic heterocycles. The van der Waals surface area contributed by atoms with Crippen LogP contribution in [0.5, 0.6) is 11.5 Å². The van der Waals surface area contributed by atoms with Gasteiger partial charge in [-0.2, -0.15) is 5.26 Å². The van der Waals surface area contributed by atoms with Crippen LogP contribution in [-0.2, 0) is 0 Å². The number of benzene rings is 1. The standard InChI is InChI=1S/C20H26N4O2S/c1-5-6-7-8-11-22-19-15(13-21)18(23-20(24-19)27-4)14-9-10-16(25-2)17(12-14)26-3/h9-10,12H,5-8,11H2,1-4H3,(H,22,23,24). The number of methoxy groups -OCH3 is 2. The topological polar surface area (TPSA) is 80.1 Å². The summed E-state index contributed by atoms with van der Waals surface area (Å²) >= 11 is 1.45. The Morgan fingerprint density at radius 3 is 2.52 bits per heavy atom. The molecular formula is C20H26N4O2S. The van der Waals surface area contributed by atoms with Crippen LogP contribution < -0.4 is 14.8 Å². The van der Waals surface area contributed by atoms with Crippen molar-refractivity contribution in [1.29, 1.82) is 5.26 Å². The van der Waals surface area contributed by atoms with Crippen molar-refractivity contribution < 1.29 is 9.47 Å². The molecule has 0 bridgehead atoms. The van der Waals surface area contributed by atoms with E-state index in [2.05, 4.69) is 28.3 Å². The molecule has 144 valence electrons. The number of hydrogen-bond donors (Lipinski definition) is 1. The molecule has 27 heavy (non-hydrogen) atoms. The predicted octanol–water partition coefficient (Wildman–Crippen LogP) is 4.75. The van der Waals surface area contributed by atoms with Gasteiger partial charge >= 0.3 is 0 Å². The average molecular weight is 387 g/mol. The normalized spacial score (nSPS) is 10.3. The van der Waals surface area contributed by atoms with Gasteiger partial charge in [0, 0.05) is 12.1 Å². The van der Waals surface area contributed by atoms with Crippen LogP contribution in [0.25, 0.3) is 11.3 Å². The number of thioether (sulfide) groups is 1. The van der Waals surface area contributed by atoms with E-state index in [-0.39, 0.29) is 0 Å². The van der Waals surface area contributed by atoms with E-state index in [0.29, 0.717) is 33.7 Å². The van der Waals surface area contributed by atoms with Crippen molar-refractivity contribution in [2.24, 2.45) is 0 Å². The highest BCUT2D eigenvalue weighted by atomic mass is 32.2. The molecule has 0 aliphatic rings. The number of aromatic nitrogens is 2. The largest absolute Gasteiger partial charge is 0.493 e. The van der Waals surface area contributed by atoms with E-state index in [9.17, 15) is 5.26 Å². The van der Waals surface area contributed by atoms with Gasteiger partial charge in [-0.3, -0.25) is 0 Å². The highest BCUT2D eigenvalue weighted by molar-refractivity contribution is 7.98. The fourth-order valence-corrected chi connectivity index (χ4v) is 3.08. The first-order valence-corrected chi connectivity index (χ1v) is 10.2. The van der Waals surface area contributed by atoms with Crippen LogP contribution in [0.1, 0.15) is 38.2 Å². The zero-order valence-electron chi connectivity index (χ0n) is 16.3. The van der Waals surface area contributed by atoms with Gasteiger partial charge in [0.1, 0.15) is 17.5 Å². The fraction of sp³-hybridized carbons (Fsp3) is 0.450. The Bertz CT molecular complexity index is 805. The van der Waals surface area contributed by atoms with Gasteiger partial charge in [0.05, 0.1) is 19.9 Å². The van der Waals surface area contributed by atoms with Crippen LogP contribution in [0.3, 0.4) is 0 Å². The average Bonchev–Trinajstić information content (AvgIpc) is 2.72. The molecule has 0 radical (unpaired) electrons. The van der Waals surface area contributed by atoms with Crippen molar-refractivity contribution in [3.05, 3.63) is 23.8 Å². The molecule has 0 atom stereocenters. The fourth-order valence-electron chi connectivity index (χ4n) is 2.72. The lowest BCUT2D eigenvalue weighted by Gasteiger charge is -2.14. The molecule has 1 N–H and O–H groups in total. The molecule has 0 unspecified atom stereocenters. The summed E-state index contributed by atoms with van der Waals surface area (Å²) < 4.78 is 10.7. The number of hydrogen-bond acceptors (Lipinski definition) is 7. The Morgan fingerprint density at radius 2 is 1.89 bits per heavy atom. The first kappa shape index (κ1) is 20.8. The number of rotatable bonds is 10. The summed E-state index contributed by atoms with van der Waals surface area (Å²) in [6.07, 6.45) is 6.53. The molecule has 6 nitrogen and oxygen atoms in total. The van der Waals surface area contributed by atoms with E-state index >= 15 is 0 Å². The lowest BCUT2D eigenvalue weighted by atomic mass is 10.1. The highest BCUT2D eigenvalue weighted by Gasteiger charge is 2.17. The number of nitrogens with zero attached hydrogens (tertiary/aromatic N) is 3. The third kappa shape index (κ3) is 5.27. The second-order valence-electron chi connectivity index (χ2n) is 5.95. The monoisotopic (exact) mass is 386 g/mol. The maximum atomic E-state index is 9.76. The molecule has 0 aliphatic heterocycles. The zero-order chi connectivity index (χ0) is 19.6. The van der Waals surface area contributed by atoms with Crippen LogP contribution in [-0.4, -0.2) is 37.0 Å². The Kier molecular flexibility index (Phi) is 8.21. The number of ether oxygens (including phenoxy) is 2. The Hall–Kier alpha value is -2.46. The third-order valence-electron chi connectivity index (χ3n) is 4.16. The number of nitriles is 1. The number of anilines is 1. The van der Waals surface area contributed by atoms with Gasteiger partial charge in [-0.1, -0.05) is 37.9 Å². The molecule has 1 aromatic carbocycles. The number of nitrogens with one attached hydrogen (secondary N) is 1. The van der Waals surface area contributed by atoms with Crippen LogP contribution in [0.2, 0.25) is 0 Å². The Labute approximate surface area is 165 Å². The van der Waals surface area contributed by atoms with Crippen molar-refractivity contribution in [2.75, 3.05) is 32.3 Å². The van der Waals surface area contributed by atoms with Crippen LogP contribution in [0.15, 0.2) is 23.4 Å². The minimum Gasteiger partial charge on any atom is -0.493 e. The first-order chi connectivity index (χ1) is 13.2. The van der Waals surface area contributed by atoms with Gasteiger partial charge in [0.15, 0.2) is 16.7 Å². The van der Waals surface area contributed by atoms with Gasteiger partial charge in [0.25, 0.3) is 0 Å². The van der Waals surface area contributed by atoms with Crippen molar-refractivity contribution in [2.45, 2.75) is 37.8 Å². The molecule has 0 spiro atoms. The van der Waals surface area contributed by atoms with Gasteiger partial charge in [0.2, 0.25) is 0 Å². The van der Waals surface area contributed by atoms with E-state index in [1.54, 1.807) is 14.2 Å². The minimum atomic E-state index is 0.440. The summed E-state index contributed by atoms with van der Waals surface area (Å²) in [5, 5.41) is 13.7. The van der Waals surface area contributed by atoms with Crippen molar-refractivity contribution >= 4 is 17.6 Å². The SMILES string of the molecule is CCCCCCNc1nc(SC)nc(-c2ccc(OC)c(OC)c2)c1C#N. The molecule has 2 aromatic rings. The zero-order valence-corrected chi connectivity index (χ0v) is 17.2. The predicted molar refractivity (Wildman–Crippen MR) is 110 cm³/mol. The molecular weight excluding hydrogens is 360 g/mol. The summed E-state index contributed by atoms with van der Waals surface area (Å²) in [5.74, 6) is 1.81. The van der Waals surface area contributed by atoms with Crippen LogP contribution in [0.4, 0.5) is 5.82 Å². The third-order valence-corrected chi connectivity index (χ3v) is 4.71. The maximum absolute atomic E-state index is 9.76. The summed E-state index contributed by atoms with van der Waals surface area (Å²) in [4.78, 5) is 9.08. The molecule has 0 fully saturated rings. The van der Waals surface area contributed by atoms with E-state index in [1.165, 1.54) is 24.6 Å². The highest BCUT2D eigenvalue weighted by Crippen LogP contribution is 2.34. The van der Waals surface area contributed by atoms with E-state index < -0.39 is 0 Å². The molecule has 0 saturated heterocycles. The van der Waals surface area contributed by atoms with Crippen LogP contribution in [0, 0.1) is 11.3 Å². The van der Waals surface area contributed by atoms with E-state index in [1.807, 2.05) is 24.5 Å². The number of unbranched alkanes of at least 4 members (excludes halogenated alkanes) is 3. The van der Waals surface area contributed by atoms with E-state index in [4.69, 9.17) is 9.47 Å². The van der Waals surface area contributed by atoms with Gasteiger partial charge < -0.3 is 14.8 Å². The lowest BCUT2D eigenvalue weighted by molar-refractivity contribution is 0.355. The maximum Gasteiger partial charge on any atom is 0.189 e. The van der Waals surface area contributed by atoms with Crippen molar-refractivity contribution in [3.63, 3.8) is 0 Å². The second-order valence-corrected chi connectivity index (χ2v) is 6.72. The molecule has 2 rings (SSSR count).